The molecule has 2 aromatic heterocycles. The Morgan fingerprint density at radius 1 is 1.03 bits per heavy atom. The molecule has 29 heavy (non-hydrogen) atoms. The van der Waals surface area contributed by atoms with Crippen molar-refractivity contribution >= 4 is 32.6 Å². The number of anilines is 1. The summed E-state index contributed by atoms with van der Waals surface area (Å²) in [6, 6.07) is 15.0. The van der Waals surface area contributed by atoms with Crippen molar-refractivity contribution in [3.8, 4) is 11.3 Å². The van der Waals surface area contributed by atoms with Crippen LogP contribution in [-0.2, 0) is 11.3 Å². The van der Waals surface area contributed by atoms with Crippen LogP contribution in [0.2, 0.25) is 0 Å². The van der Waals surface area contributed by atoms with Crippen LogP contribution < -0.4 is 10.9 Å². The lowest BCUT2D eigenvalue weighted by Gasteiger charge is -2.11. The van der Waals surface area contributed by atoms with E-state index in [0.717, 1.165) is 26.9 Å². The Kier molecular flexibility index (Phi) is 4.98. The Balaban J connectivity index is 1.58. The third kappa shape index (κ3) is 3.95. The van der Waals surface area contributed by atoms with Gasteiger partial charge in [0.05, 0.1) is 15.9 Å². The van der Waals surface area contributed by atoms with E-state index in [9.17, 15) is 9.59 Å². The molecule has 0 spiro atoms. The van der Waals surface area contributed by atoms with E-state index >= 15 is 0 Å². The lowest BCUT2D eigenvalue weighted by atomic mass is 9.99. The molecule has 0 fully saturated rings. The third-order valence-corrected chi connectivity index (χ3v) is 5.77. The molecule has 0 radical (unpaired) electrons. The predicted molar refractivity (Wildman–Crippen MR) is 116 cm³/mol. The number of carbonyl (C=O) groups excluding carboxylic acids is 1. The summed E-state index contributed by atoms with van der Waals surface area (Å²) in [5.74, 6) is -0.340. The highest BCUT2D eigenvalue weighted by Crippen LogP contribution is 2.26. The molecule has 0 saturated carbocycles. The summed E-state index contributed by atoms with van der Waals surface area (Å²) in [5, 5.41) is 7.69. The smallest absolute Gasteiger partial charge is 0.267 e. The molecule has 0 bridgehead atoms. The number of fused-ring (bicyclic) bond motifs is 1. The fourth-order valence-corrected chi connectivity index (χ4v) is 4.04. The number of carbonyl (C=O) groups is 1. The zero-order valence-corrected chi connectivity index (χ0v) is 17.2. The number of hydrogen-bond acceptors (Lipinski definition) is 5. The van der Waals surface area contributed by atoms with Crippen LogP contribution in [0.1, 0.15) is 16.7 Å². The van der Waals surface area contributed by atoms with Gasteiger partial charge in [-0.1, -0.05) is 29.5 Å². The van der Waals surface area contributed by atoms with Gasteiger partial charge in [0.25, 0.3) is 5.56 Å². The van der Waals surface area contributed by atoms with E-state index in [2.05, 4.69) is 34.5 Å². The number of thiazole rings is 1. The molecule has 7 heteroatoms. The van der Waals surface area contributed by atoms with Crippen molar-refractivity contribution in [2.24, 2.45) is 0 Å². The van der Waals surface area contributed by atoms with Crippen LogP contribution in [-0.4, -0.2) is 20.7 Å². The molecular weight excluding hydrogens is 384 g/mol. The van der Waals surface area contributed by atoms with E-state index in [1.807, 2.05) is 38.1 Å². The predicted octanol–water partition coefficient (Wildman–Crippen LogP) is 4.08. The molecule has 4 aromatic rings. The van der Waals surface area contributed by atoms with E-state index in [0.29, 0.717) is 10.8 Å². The molecule has 0 atom stereocenters. The zero-order valence-electron chi connectivity index (χ0n) is 16.4. The Morgan fingerprint density at radius 2 is 1.79 bits per heavy atom. The average molecular weight is 404 g/mol. The molecule has 146 valence electrons. The normalized spacial score (nSPS) is 11.0. The van der Waals surface area contributed by atoms with Crippen LogP contribution in [0.15, 0.2) is 53.3 Å². The third-order valence-electron chi connectivity index (χ3n) is 4.82. The van der Waals surface area contributed by atoms with Gasteiger partial charge in [-0.05, 0) is 61.7 Å². The fraction of sp³-hybridized carbons (Fsp3) is 0.182. The Hall–Kier alpha value is -3.32. The van der Waals surface area contributed by atoms with Gasteiger partial charge in [0.15, 0.2) is 5.13 Å². The molecule has 0 aliphatic rings. The first-order chi connectivity index (χ1) is 13.9. The second kappa shape index (κ2) is 7.60. The Labute approximate surface area is 171 Å². The number of nitrogens with one attached hydrogen (secondary N) is 1. The number of para-hydroxylation sites is 1. The van der Waals surface area contributed by atoms with Crippen LogP contribution in [0.4, 0.5) is 5.13 Å². The number of nitrogens with zero attached hydrogens (tertiary/aromatic N) is 3. The summed E-state index contributed by atoms with van der Waals surface area (Å²) in [4.78, 5) is 29.1. The summed E-state index contributed by atoms with van der Waals surface area (Å²) >= 11 is 1.39. The first kappa shape index (κ1) is 19.0. The SMILES string of the molecule is Cc1cc(C)c(-c2ccc(=O)n(CC(=O)Nc3nc4ccccc4s3)n2)cc1C. The monoisotopic (exact) mass is 404 g/mol. The van der Waals surface area contributed by atoms with E-state index in [-0.39, 0.29) is 18.0 Å². The van der Waals surface area contributed by atoms with Crippen molar-refractivity contribution < 1.29 is 4.79 Å². The quantitative estimate of drug-likeness (QED) is 0.556. The van der Waals surface area contributed by atoms with Crippen molar-refractivity contribution in [3.63, 3.8) is 0 Å². The number of aromatic nitrogens is 3. The minimum atomic E-state index is -0.340. The topological polar surface area (TPSA) is 76.9 Å². The maximum Gasteiger partial charge on any atom is 0.267 e. The maximum absolute atomic E-state index is 12.5. The summed E-state index contributed by atoms with van der Waals surface area (Å²) in [5.41, 5.74) is 5.55. The highest BCUT2D eigenvalue weighted by Gasteiger charge is 2.12. The van der Waals surface area contributed by atoms with Gasteiger partial charge in [0, 0.05) is 11.6 Å². The van der Waals surface area contributed by atoms with Gasteiger partial charge >= 0.3 is 0 Å². The molecular formula is C22H20N4O2S. The van der Waals surface area contributed by atoms with Crippen molar-refractivity contribution in [3.05, 3.63) is 75.6 Å². The second-order valence-electron chi connectivity index (χ2n) is 7.00. The molecule has 1 amide bonds. The van der Waals surface area contributed by atoms with Crippen molar-refractivity contribution in [1.29, 1.82) is 0 Å². The number of benzene rings is 2. The standard InChI is InChI=1S/C22H20N4O2S/c1-13-10-15(3)16(11-14(13)2)17-8-9-21(28)26(25-17)12-20(27)24-22-23-18-6-4-5-7-19(18)29-22/h4-11H,12H2,1-3H3,(H,23,24,27). The van der Waals surface area contributed by atoms with Crippen LogP contribution >= 0.6 is 11.3 Å². The first-order valence-corrected chi connectivity index (χ1v) is 10.0. The molecule has 0 saturated heterocycles. The number of hydrogen-bond donors (Lipinski definition) is 1. The van der Waals surface area contributed by atoms with Gasteiger partial charge in [-0.25, -0.2) is 9.67 Å². The van der Waals surface area contributed by atoms with Crippen LogP contribution in [0.25, 0.3) is 21.5 Å². The summed E-state index contributed by atoms with van der Waals surface area (Å²) < 4.78 is 2.18. The van der Waals surface area contributed by atoms with Crippen LogP contribution in [0.3, 0.4) is 0 Å². The molecule has 1 N–H and O–H groups in total. The number of aryl methyl sites for hydroxylation is 3. The zero-order chi connectivity index (χ0) is 20.5. The second-order valence-corrected chi connectivity index (χ2v) is 8.03. The average Bonchev–Trinajstić information content (AvgIpc) is 3.08. The van der Waals surface area contributed by atoms with Gasteiger partial charge in [0.2, 0.25) is 5.91 Å². The molecule has 0 aliphatic heterocycles. The number of rotatable bonds is 4. The number of amides is 1. The molecule has 0 unspecified atom stereocenters. The minimum Gasteiger partial charge on any atom is -0.300 e. The lowest BCUT2D eigenvalue weighted by Crippen LogP contribution is -2.29. The van der Waals surface area contributed by atoms with Gasteiger partial charge in [-0.2, -0.15) is 5.10 Å². The molecule has 6 nitrogen and oxygen atoms in total. The van der Waals surface area contributed by atoms with Gasteiger partial charge in [-0.3, -0.25) is 9.59 Å². The highest BCUT2D eigenvalue weighted by molar-refractivity contribution is 7.22. The van der Waals surface area contributed by atoms with Crippen LogP contribution in [0, 0.1) is 20.8 Å². The first-order valence-electron chi connectivity index (χ1n) is 9.22. The van der Waals surface area contributed by atoms with E-state index in [1.54, 1.807) is 6.07 Å². The Morgan fingerprint density at radius 3 is 2.59 bits per heavy atom. The van der Waals surface area contributed by atoms with Gasteiger partial charge in [0.1, 0.15) is 6.54 Å². The fourth-order valence-electron chi connectivity index (χ4n) is 3.16. The largest absolute Gasteiger partial charge is 0.300 e. The molecule has 4 rings (SSSR count). The summed E-state index contributed by atoms with van der Waals surface area (Å²) in [6.45, 7) is 5.94. The van der Waals surface area contributed by atoms with Crippen LogP contribution in [0.5, 0.6) is 0 Å². The molecule has 0 aliphatic carbocycles. The van der Waals surface area contributed by atoms with Gasteiger partial charge < -0.3 is 5.32 Å². The lowest BCUT2D eigenvalue weighted by molar-refractivity contribution is -0.117. The maximum atomic E-state index is 12.5. The Bertz CT molecular complexity index is 1260. The molecule has 2 heterocycles. The minimum absolute atomic E-state index is 0.174. The van der Waals surface area contributed by atoms with Crippen molar-refractivity contribution in [2.75, 3.05) is 5.32 Å². The van der Waals surface area contributed by atoms with E-state index < -0.39 is 0 Å². The summed E-state index contributed by atoms with van der Waals surface area (Å²) in [7, 11) is 0. The van der Waals surface area contributed by atoms with E-state index in [1.165, 1.54) is 27.6 Å². The van der Waals surface area contributed by atoms with Crippen molar-refractivity contribution in [1.82, 2.24) is 14.8 Å². The summed E-state index contributed by atoms with van der Waals surface area (Å²) in [6.07, 6.45) is 0. The van der Waals surface area contributed by atoms with Crippen molar-refractivity contribution in [2.45, 2.75) is 27.3 Å². The van der Waals surface area contributed by atoms with E-state index in [4.69, 9.17) is 0 Å². The highest BCUT2D eigenvalue weighted by atomic mass is 32.1. The molecule has 2 aromatic carbocycles. The van der Waals surface area contributed by atoms with Gasteiger partial charge in [-0.15, -0.1) is 0 Å².